The molecular weight excluding hydrogens is 302 g/mol. The van der Waals surface area contributed by atoms with Crippen molar-refractivity contribution in [2.45, 2.75) is 89.5 Å². The lowest BCUT2D eigenvalue weighted by molar-refractivity contribution is -0.252. The van der Waals surface area contributed by atoms with E-state index >= 15 is 0 Å². The molecule has 132 valence electrons. The van der Waals surface area contributed by atoms with Crippen molar-refractivity contribution in [2.24, 2.45) is 0 Å². The molecule has 5 atom stereocenters. The zero-order chi connectivity index (χ0) is 17.0. The molecule has 7 nitrogen and oxygen atoms in total. The fourth-order valence-electron chi connectivity index (χ4n) is 3.61. The van der Waals surface area contributed by atoms with Gasteiger partial charge in [0.15, 0.2) is 12.1 Å². The molecule has 0 radical (unpaired) electrons. The first-order valence-electron chi connectivity index (χ1n) is 8.26. The van der Waals surface area contributed by atoms with Gasteiger partial charge in [0.05, 0.1) is 12.1 Å². The molecule has 1 amide bonds. The summed E-state index contributed by atoms with van der Waals surface area (Å²) in [4.78, 5) is 14.3. The van der Waals surface area contributed by atoms with Crippen molar-refractivity contribution in [2.75, 3.05) is 6.54 Å². The minimum Gasteiger partial charge on any atom is -0.444 e. The van der Waals surface area contributed by atoms with E-state index in [1.54, 1.807) is 18.7 Å². The van der Waals surface area contributed by atoms with E-state index in [0.717, 1.165) is 12.8 Å². The highest BCUT2D eigenvalue weighted by Crippen LogP contribution is 2.41. The van der Waals surface area contributed by atoms with Gasteiger partial charge in [-0.05, 0) is 47.5 Å². The third-order valence-electron chi connectivity index (χ3n) is 4.35. The number of hydrogen-bond donors (Lipinski definition) is 1. The van der Waals surface area contributed by atoms with Crippen LogP contribution in [0, 0.1) is 0 Å². The molecule has 0 aliphatic carbocycles. The van der Waals surface area contributed by atoms with Gasteiger partial charge in [-0.1, -0.05) is 0 Å². The van der Waals surface area contributed by atoms with Crippen molar-refractivity contribution in [3.8, 4) is 0 Å². The van der Waals surface area contributed by atoms with Crippen molar-refractivity contribution >= 4 is 6.09 Å². The van der Waals surface area contributed by atoms with Crippen LogP contribution in [0.4, 0.5) is 4.79 Å². The Labute approximate surface area is 136 Å². The molecule has 0 saturated carbocycles. The topological polar surface area (TPSA) is 77.5 Å². The van der Waals surface area contributed by atoms with Crippen molar-refractivity contribution < 1.29 is 28.8 Å². The summed E-state index contributed by atoms with van der Waals surface area (Å²) in [5.74, 6) is -0.814. The first-order chi connectivity index (χ1) is 10.6. The smallest absolute Gasteiger partial charge is 0.410 e. The number of nitrogens with zero attached hydrogens (tertiary/aromatic N) is 1. The lowest BCUT2D eigenvalue weighted by atomic mass is 9.89. The highest BCUT2D eigenvalue weighted by Gasteiger charge is 2.58. The van der Waals surface area contributed by atoms with Gasteiger partial charge in [-0.3, -0.25) is 4.90 Å². The van der Waals surface area contributed by atoms with Crippen LogP contribution >= 0.6 is 0 Å². The second kappa shape index (κ2) is 5.58. The summed E-state index contributed by atoms with van der Waals surface area (Å²) in [5, 5.41) is 10.2. The van der Waals surface area contributed by atoms with Gasteiger partial charge in [0.1, 0.15) is 17.8 Å². The number of ether oxygens (including phenoxy) is 4. The maximum Gasteiger partial charge on any atom is 0.410 e. The normalized spacial score (nSPS) is 39.6. The van der Waals surface area contributed by atoms with E-state index in [4.69, 9.17) is 18.9 Å². The van der Waals surface area contributed by atoms with Gasteiger partial charge >= 0.3 is 6.09 Å². The molecule has 3 fully saturated rings. The molecule has 0 bridgehead atoms. The van der Waals surface area contributed by atoms with Crippen LogP contribution in [0.25, 0.3) is 0 Å². The lowest BCUT2D eigenvalue weighted by Crippen LogP contribution is -2.65. The number of rotatable bonds is 0. The number of amides is 1. The number of fused-ring (bicyclic) bond motifs is 3. The van der Waals surface area contributed by atoms with Crippen LogP contribution in [0.1, 0.15) is 47.5 Å². The van der Waals surface area contributed by atoms with Gasteiger partial charge in [-0.2, -0.15) is 0 Å². The van der Waals surface area contributed by atoms with E-state index in [2.05, 4.69) is 0 Å². The first kappa shape index (κ1) is 17.0. The quantitative estimate of drug-likeness (QED) is 0.728. The van der Waals surface area contributed by atoms with Crippen LogP contribution in [-0.2, 0) is 18.9 Å². The fourth-order valence-corrected chi connectivity index (χ4v) is 3.61. The molecule has 0 spiro atoms. The summed E-state index contributed by atoms with van der Waals surface area (Å²) in [6.07, 6.45) is -1.14. The molecule has 3 aliphatic heterocycles. The van der Waals surface area contributed by atoms with Gasteiger partial charge in [-0.25, -0.2) is 4.79 Å². The van der Waals surface area contributed by atoms with Crippen LogP contribution < -0.4 is 0 Å². The Morgan fingerprint density at radius 1 is 1.26 bits per heavy atom. The summed E-state index contributed by atoms with van der Waals surface area (Å²) in [7, 11) is 0. The Kier molecular flexibility index (Phi) is 4.11. The van der Waals surface area contributed by atoms with Crippen LogP contribution in [0.2, 0.25) is 0 Å². The summed E-state index contributed by atoms with van der Waals surface area (Å²) in [5.41, 5.74) is -0.565. The molecular formula is C16H27NO6. The monoisotopic (exact) mass is 329 g/mol. The first-order valence-corrected chi connectivity index (χ1v) is 8.26. The number of carbonyl (C=O) groups excluding carboxylic acids is 1. The number of aliphatic hydroxyl groups is 1. The molecule has 0 aromatic heterocycles. The van der Waals surface area contributed by atoms with Gasteiger partial charge in [0.2, 0.25) is 0 Å². The average Bonchev–Trinajstić information content (AvgIpc) is 2.72. The number of piperidine rings is 1. The number of aliphatic hydroxyl groups excluding tert-OH is 1. The van der Waals surface area contributed by atoms with Gasteiger partial charge in [-0.15, -0.1) is 0 Å². The Bertz CT molecular complexity index is 474. The summed E-state index contributed by atoms with van der Waals surface area (Å²) in [6.45, 7) is 9.71. The Balaban J connectivity index is 1.84. The van der Waals surface area contributed by atoms with Gasteiger partial charge in [0.25, 0.3) is 0 Å². The van der Waals surface area contributed by atoms with Crippen molar-refractivity contribution in [1.82, 2.24) is 4.90 Å². The van der Waals surface area contributed by atoms with E-state index in [1.165, 1.54) is 0 Å². The third kappa shape index (κ3) is 3.33. The number of hydrogen-bond acceptors (Lipinski definition) is 6. The standard InChI is InChI=1S/C16H27NO6/c1-15(2,3)23-14(19)17-8-6-7-9-10(17)11-12(13(18)20-9)22-16(4,5)21-11/h9-13,18H,6-8H2,1-5H3/t9-,10+,11?,12?,13+/m0/s1. The molecule has 3 heterocycles. The van der Waals surface area contributed by atoms with Crippen LogP contribution in [0.5, 0.6) is 0 Å². The number of carbonyl (C=O) groups is 1. The largest absolute Gasteiger partial charge is 0.444 e. The molecule has 3 saturated heterocycles. The third-order valence-corrected chi connectivity index (χ3v) is 4.35. The molecule has 0 aromatic carbocycles. The van der Waals surface area contributed by atoms with Crippen LogP contribution in [0.15, 0.2) is 0 Å². The fraction of sp³-hybridized carbons (Fsp3) is 0.938. The van der Waals surface area contributed by atoms with E-state index in [1.807, 2.05) is 20.8 Å². The molecule has 7 heteroatoms. The zero-order valence-electron chi connectivity index (χ0n) is 14.4. The molecule has 2 unspecified atom stereocenters. The maximum absolute atomic E-state index is 12.6. The van der Waals surface area contributed by atoms with Crippen molar-refractivity contribution in [3.05, 3.63) is 0 Å². The second-order valence-corrected chi connectivity index (χ2v) is 7.94. The molecule has 3 aliphatic rings. The van der Waals surface area contributed by atoms with Gasteiger partial charge < -0.3 is 24.1 Å². The molecule has 3 rings (SSSR count). The highest BCUT2D eigenvalue weighted by molar-refractivity contribution is 5.69. The minimum absolute atomic E-state index is 0.273. The van der Waals surface area contributed by atoms with Crippen molar-refractivity contribution in [1.29, 1.82) is 0 Å². The van der Waals surface area contributed by atoms with Crippen LogP contribution in [0.3, 0.4) is 0 Å². The SMILES string of the molecule is CC(C)(C)OC(=O)N1CCC[C@@H]2O[C@@H](O)C3OC(C)(C)OC3[C@@H]21. The number of likely N-dealkylation sites (tertiary alicyclic amines) is 1. The zero-order valence-corrected chi connectivity index (χ0v) is 14.4. The Morgan fingerprint density at radius 3 is 2.57 bits per heavy atom. The lowest BCUT2D eigenvalue weighted by Gasteiger charge is -2.48. The second-order valence-electron chi connectivity index (χ2n) is 7.94. The molecule has 23 heavy (non-hydrogen) atoms. The van der Waals surface area contributed by atoms with Crippen LogP contribution in [-0.4, -0.2) is 64.7 Å². The Morgan fingerprint density at radius 2 is 1.91 bits per heavy atom. The predicted octanol–water partition coefficient (Wildman–Crippen LogP) is 1.62. The Hall–Kier alpha value is -0.890. The van der Waals surface area contributed by atoms with E-state index in [9.17, 15) is 9.90 Å². The molecule has 1 N–H and O–H groups in total. The maximum atomic E-state index is 12.6. The van der Waals surface area contributed by atoms with Gasteiger partial charge in [0, 0.05) is 6.54 Å². The predicted molar refractivity (Wildman–Crippen MR) is 80.7 cm³/mol. The van der Waals surface area contributed by atoms with E-state index in [-0.39, 0.29) is 18.2 Å². The van der Waals surface area contributed by atoms with E-state index < -0.39 is 29.9 Å². The highest BCUT2D eigenvalue weighted by atomic mass is 16.8. The summed E-state index contributed by atoms with van der Waals surface area (Å²) >= 11 is 0. The summed E-state index contributed by atoms with van der Waals surface area (Å²) < 4.78 is 23.0. The summed E-state index contributed by atoms with van der Waals surface area (Å²) in [6, 6.07) is -0.311. The average molecular weight is 329 g/mol. The molecule has 0 aromatic rings. The minimum atomic E-state index is -1.04. The van der Waals surface area contributed by atoms with Crippen molar-refractivity contribution in [3.63, 3.8) is 0 Å². The van der Waals surface area contributed by atoms with E-state index in [0.29, 0.717) is 6.54 Å².